The van der Waals surface area contributed by atoms with Crippen LogP contribution in [0.3, 0.4) is 0 Å². The number of esters is 1. The minimum Gasteiger partial charge on any atom is -0.432 e. The van der Waals surface area contributed by atoms with Crippen LogP contribution < -0.4 is 0 Å². The van der Waals surface area contributed by atoms with E-state index in [1.54, 1.807) is 0 Å². The molecule has 17 N–H and O–H groups in total. The fourth-order valence-corrected chi connectivity index (χ4v) is 19.0. The number of hydrogen-bond acceptors (Lipinski definition) is 30. The number of fused-ring (bicyclic) bond motifs is 7. The molecule has 0 spiro atoms. The highest BCUT2D eigenvalue weighted by atomic mass is 16.8. The van der Waals surface area contributed by atoms with Crippen molar-refractivity contribution in [1.82, 2.24) is 0 Å². The van der Waals surface area contributed by atoms with Gasteiger partial charge in [-0.25, -0.2) is 0 Å². The molecule has 0 radical (unpaired) electrons. The van der Waals surface area contributed by atoms with Gasteiger partial charge < -0.3 is 144 Å². The third kappa shape index (κ3) is 12.9. The lowest BCUT2D eigenvalue weighted by atomic mass is 9.33. The van der Waals surface area contributed by atoms with Crippen molar-refractivity contribution in [2.24, 2.45) is 50.2 Å². The quantitative estimate of drug-likeness (QED) is 0.0426. The molecule has 30 heteroatoms. The van der Waals surface area contributed by atoms with Crippen molar-refractivity contribution in [3.05, 3.63) is 11.6 Å². The first-order valence-corrected chi connectivity index (χ1v) is 34.0. The largest absolute Gasteiger partial charge is 0.432 e. The first kappa shape index (κ1) is 74.3. The zero-order valence-corrected chi connectivity index (χ0v) is 55.4. The maximum Gasteiger partial charge on any atom is 0.315 e. The van der Waals surface area contributed by atoms with Gasteiger partial charge in [-0.15, -0.1) is 0 Å². The van der Waals surface area contributed by atoms with Crippen LogP contribution in [0.25, 0.3) is 0 Å². The monoisotopic (exact) mass is 1370 g/mol. The van der Waals surface area contributed by atoms with Crippen LogP contribution in [-0.4, -0.2) is 303 Å². The molecule has 37 atom stereocenters. The van der Waals surface area contributed by atoms with Gasteiger partial charge >= 0.3 is 5.97 Å². The van der Waals surface area contributed by atoms with Gasteiger partial charge in [0.1, 0.15) is 128 Å². The molecule has 546 valence electrons. The Hall–Kier alpha value is -1.91. The Morgan fingerprint density at radius 1 is 0.495 bits per heavy atom. The molecule has 0 amide bonds. The molecule has 10 fully saturated rings. The summed E-state index contributed by atoms with van der Waals surface area (Å²) in [6.07, 6.45) is -38.3. The van der Waals surface area contributed by atoms with Gasteiger partial charge in [-0.1, -0.05) is 60.1 Å². The Morgan fingerprint density at radius 3 is 1.63 bits per heavy atom. The lowest BCUT2D eigenvalue weighted by Gasteiger charge is -2.71. The Kier molecular flexibility index (Phi) is 21.7. The van der Waals surface area contributed by atoms with E-state index in [0.29, 0.717) is 44.9 Å². The maximum absolute atomic E-state index is 15.3. The zero-order valence-electron chi connectivity index (χ0n) is 55.4. The molecule has 30 nitrogen and oxygen atoms in total. The van der Waals surface area contributed by atoms with Crippen LogP contribution in [-0.2, 0) is 61.6 Å². The van der Waals surface area contributed by atoms with E-state index in [9.17, 15) is 86.8 Å². The summed E-state index contributed by atoms with van der Waals surface area (Å²) in [7, 11) is 0. The lowest BCUT2D eigenvalue weighted by Crippen LogP contribution is -2.66. The van der Waals surface area contributed by atoms with Crippen LogP contribution in [0, 0.1) is 50.2 Å². The van der Waals surface area contributed by atoms with Crippen LogP contribution in [0.4, 0.5) is 0 Å². The summed E-state index contributed by atoms with van der Waals surface area (Å²) >= 11 is 0. The molecule has 0 aromatic rings. The van der Waals surface area contributed by atoms with E-state index < -0.39 is 226 Å². The van der Waals surface area contributed by atoms with Crippen molar-refractivity contribution in [1.29, 1.82) is 0 Å². The van der Waals surface area contributed by atoms with Crippen LogP contribution in [0.15, 0.2) is 11.6 Å². The second-order valence-electron chi connectivity index (χ2n) is 31.4. The second kappa shape index (κ2) is 27.7. The van der Waals surface area contributed by atoms with Crippen LogP contribution in [0.2, 0.25) is 0 Å². The minimum absolute atomic E-state index is 0.0735. The van der Waals surface area contributed by atoms with Crippen LogP contribution in [0.5, 0.6) is 0 Å². The van der Waals surface area contributed by atoms with E-state index in [4.69, 9.17) is 56.8 Å². The topological polar surface area (TPSA) is 472 Å². The summed E-state index contributed by atoms with van der Waals surface area (Å²) < 4.78 is 72.0. The number of allylic oxidation sites excluding steroid dienone is 2. The molecule has 95 heavy (non-hydrogen) atoms. The minimum atomic E-state index is -1.91. The molecule has 6 heterocycles. The Bertz CT molecular complexity index is 2670. The molecular formula is C65H106O30. The first-order valence-electron chi connectivity index (χ1n) is 34.0. The molecule has 1 unspecified atom stereocenters. The highest BCUT2D eigenvalue weighted by molar-refractivity contribution is 5.79. The molecule has 5 aliphatic carbocycles. The second-order valence-corrected chi connectivity index (χ2v) is 31.4. The van der Waals surface area contributed by atoms with E-state index in [0.717, 1.165) is 19.3 Å². The molecule has 11 aliphatic rings. The van der Waals surface area contributed by atoms with Gasteiger partial charge in [-0.05, 0) is 123 Å². The fourth-order valence-electron chi connectivity index (χ4n) is 19.0. The summed E-state index contributed by atoms with van der Waals surface area (Å²) in [5, 5.41) is 184. The summed E-state index contributed by atoms with van der Waals surface area (Å²) in [5.74, 6) is -0.696. The maximum atomic E-state index is 15.3. The number of hydrogen-bond donors (Lipinski definition) is 17. The molecule has 6 saturated heterocycles. The lowest BCUT2D eigenvalue weighted by molar-refractivity contribution is -0.380. The molecule has 11 rings (SSSR count). The van der Waals surface area contributed by atoms with Gasteiger partial charge in [0.05, 0.1) is 50.2 Å². The highest BCUT2D eigenvalue weighted by Crippen LogP contribution is 2.76. The van der Waals surface area contributed by atoms with Crippen LogP contribution in [0.1, 0.15) is 127 Å². The predicted molar refractivity (Wildman–Crippen MR) is 319 cm³/mol. The zero-order chi connectivity index (χ0) is 69.3. The number of rotatable bonds is 15. The van der Waals surface area contributed by atoms with Gasteiger partial charge in [0.2, 0.25) is 6.29 Å². The molecule has 6 aliphatic heterocycles. The van der Waals surface area contributed by atoms with Crippen molar-refractivity contribution >= 4 is 5.97 Å². The van der Waals surface area contributed by atoms with Gasteiger partial charge in [0.25, 0.3) is 0 Å². The smallest absolute Gasteiger partial charge is 0.315 e. The van der Waals surface area contributed by atoms with E-state index >= 15 is 4.79 Å². The summed E-state index contributed by atoms with van der Waals surface area (Å²) in [5.41, 5.74) is -1.58. The van der Waals surface area contributed by atoms with E-state index in [-0.39, 0.29) is 40.6 Å². The van der Waals surface area contributed by atoms with E-state index in [1.165, 1.54) is 19.4 Å². The third-order valence-electron chi connectivity index (χ3n) is 25.2. The average molecular weight is 1370 g/mol. The van der Waals surface area contributed by atoms with Crippen molar-refractivity contribution in [2.75, 3.05) is 26.4 Å². The Morgan fingerprint density at radius 2 is 1.02 bits per heavy atom. The van der Waals surface area contributed by atoms with Crippen molar-refractivity contribution < 1.29 is 148 Å². The van der Waals surface area contributed by atoms with Crippen molar-refractivity contribution in [3.8, 4) is 0 Å². The molecule has 4 saturated carbocycles. The normalized spacial score (nSPS) is 54.6. The highest BCUT2D eigenvalue weighted by Gasteiger charge is 2.71. The predicted octanol–water partition coefficient (Wildman–Crippen LogP) is -3.69. The number of aliphatic hydroxyl groups is 17. The standard InChI is InChI=1S/C65H106O30/c1-25-36(68)41(73)46(78)54(86-25)93-51-30(22-67)89-53(50(82)45(51)77)84-23-31-39(71)44(76)49(81)57(90-31)95-59(83)65-18-16-60(3,4)20-28(65)27-10-11-34-62(7)14-13-35(61(5,6)33(62)12-15-64(34,9)63(27,8)17-19-65)92-58-52(94-55-47(79)42(74)37(69)26(2)87-55)40(72)32(24-85-58)91-56-48(80)43(75)38(70)29(21-66)88-56/h10,25-26,28-58,66-82H,11-24H2,1-9H3/t25-,26-,28-,29+,30+,31+,32-,33-,34+,35-,36-,37-,38+,39+,40-,41+,42+,43-,44-,45+,46+,47+,48+,49+,50+,51+,52+,53+,54?,55-,56-,57-,58-,62-,63+,64+,65-/m0/s1. The molecule has 0 aromatic carbocycles. The number of carbonyl (C=O) groups is 1. The number of carbonyl (C=O) groups excluding carboxylic acids is 1. The summed E-state index contributed by atoms with van der Waals surface area (Å²) in [6, 6.07) is 0. The van der Waals surface area contributed by atoms with E-state index in [2.05, 4.69) is 54.5 Å². The van der Waals surface area contributed by atoms with Crippen LogP contribution >= 0.6 is 0 Å². The van der Waals surface area contributed by atoms with Gasteiger partial charge in [-0.3, -0.25) is 4.79 Å². The van der Waals surface area contributed by atoms with Crippen molar-refractivity contribution in [2.45, 2.75) is 311 Å². The number of ether oxygens (including phenoxy) is 12. The van der Waals surface area contributed by atoms with Gasteiger partial charge in [0, 0.05) is 0 Å². The van der Waals surface area contributed by atoms with Crippen molar-refractivity contribution in [3.63, 3.8) is 0 Å². The molecule has 0 aromatic heterocycles. The average Bonchev–Trinajstić information content (AvgIpc) is 0.679. The Balaban J connectivity index is 0.779. The third-order valence-corrected chi connectivity index (χ3v) is 25.2. The molecular weight excluding hydrogens is 1260 g/mol. The van der Waals surface area contributed by atoms with E-state index in [1.807, 2.05) is 0 Å². The van der Waals surface area contributed by atoms with Gasteiger partial charge in [-0.2, -0.15) is 0 Å². The Labute approximate surface area is 551 Å². The first-order chi connectivity index (χ1) is 44.5. The SMILES string of the molecule is C[C@@H]1O[C@@H](O[C@H]2[C@H](O[C@H]3CC[C@]4(C)[C@H]5CC=C6[C@@H]7CC(C)(C)CC[C@]7(C(=O)O[C@@H]7O[C@H](CO[C@@H]8O[C@H](CO)[C@@H](OC9O[C@@H](C)[C@H](O)[C@@H](O)[C@H]9O)[C@H](O)[C@H]8O)[C@@H](O)[C@H](O)[C@H]7O)CC[C@@]6(C)[C@]5(C)CC[C@H]4C3(C)C)OC[C@H](O[C@@H]3O[C@H](CO)[C@@H](O)[C@H](O)[C@H]3O)[C@@H]2O)[C@H](O)[C@H](O)[C@H]1O. The summed E-state index contributed by atoms with van der Waals surface area (Å²) in [6.45, 7) is 16.2. The van der Waals surface area contributed by atoms with Gasteiger partial charge in [0.15, 0.2) is 31.5 Å². The fraction of sp³-hybridized carbons (Fsp3) is 0.954. The molecule has 0 bridgehead atoms. The number of aliphatic hydroxyl groups excluding tert-OH is 17. The summed E-state index contributed by atoms with van der Waals surface area (Å²) in [4.78, 5) is 15.3.